The number of fused-ring (bicyclic) bond motifs is 1. The molecule has 3 heterocycles. The third kappa shape index (κ3) is 3.58. The first-order chi connectivity index (χ1) is 16.3. The molecule has 0 saturated heterocycles. The average Bonchev–Trinajstić information content (AvgIpc) is 3.28. The first kappa shape index (κ1) is 21.7. The second kappa shape index (κ2) is 8.31. The van der Waals surface area contributed by atoms with Gasteiger partial charge in [0.1, 0.15) is 15.4 Å². The number of benzene rings is 2. The number of pyridine rings is 1. The molecular weight excluding hydrogens is 446 g/mol. The van der Waals surface area contributed by atoms with Crippen LogP contribution in [0.4, 0.5) is 11.4 Å². The molecule has 0 atom stereocenters. The molecule has 0 aliphatic heterocycles. The van der Waals surface area contributed by atoms with Crippen LogP contribution >= 0.6 is 11.3 Å². The van der Waals surface area contributed by atoms with Gasteiger partial charge in [0, 0.05) is 18.0 Å². The zero-order valence-corrected chi connectivity index (χ0v) is 19.8. The maximum absolute atomic E-state index is 13.2. The van der Waals surface area contributed by atoms with Crippen molar-refractivity contribution >= 4 is 38.8 Å². The molecule has 0 saturated carbocycles. The van der Waals surface area contributed by atoms with E-state index in [0.29, 0.717) is 26.8 Å². The van der Waals surface area contributed by atoms with Crippen LogP contribution in [0.5, 0.6) is 0 Å². The van der Waals surface area contributed by atoms with Gasteiger partial charge in [-0.1, -0.05) is 48.0 Å². The first-order valence-electron chi connectivity index (χ1n) is 10.8. The molecule has 3 aromatic heterocycles. The highest BCUT2D eigenvalue weighted by Gasteiger charge is 2.22. The number of carbonyl (C=O) groups is 1. The number of nitrogens with zero attached hydrogens (tertiary/aromatic N) is 3. The van der Waals surface area contributed by atoms with Gasteiger partial charge >= 0.3 is 0 Å². The minimum Gasteiger partial charge on any atom is -0.397 e. The van der Waals surface area contributed by atoms with Crippen LogP contribution in [0.15, 0.2) is 71.5 Å². The minimum absolute atomic E-state index is 0.224. The molecular formula is C26H23N5O2S. The first-order valence-corrected chi connectivity index (χ1v) is 11.6. The molecule has 5 aromatic rings. The lowest BCUT2D eigenvalue weighted by Crippen LogP contribution is -2.22. The Hall–Kier alpha value is -4.17. The van der Waals surface area contributed by atoms with E-state index in [1.54, 1.807) is 18.7 Å². The molecule has 0 bridgehead atoms. The monoisotopic (exact) mass is 469 g/mol. The zero-order chi connectivity index (χ0) is 24.0. The van der Waals surface area contributed by atoms with E-state index in [-0.39, 0.29) is 11.2 Å². The summed E-state index contributed by atoms with van der Waals surface area (Å²) in [6, 6.07) is 21.2. The highest BCUT2D eigenvalue weighted by atomic mass is 32.1. The second-order valence-electron chi connectivity index (χ2n) is 8.15. The van der Waals surface area contributed by atoms with Crippen molar-refractivity contribution in [3.63, 3.8) is 0 Å². The van der Waals surface area contributed by atoms with Crippen molar-refractivity contribution in [2.24, 2.45) is 7.05 Å². The van der Waals surface area contributed by atoms with Crippen molar-refractivity contribution < 1.29 is 4.79 Å². The summed E-state index contributed by atoms with van der Waals surface area (Å²) >= 11 is 1.22. The number of anilines is 2. The number of hydrogen-bond donors (Lipinski definition) is 2. The number of rotatable bonds is 4. The molecule has 34 heavy (non-hydrogen) atoms. The third-order valence-electron chi connectivity index (χ3n) is 5.94. The molecule has 0 fully saturated rings. The minimum atomic E-state index is -0.427. The van der Waals surface area contributed by atoms with E-state index < -0.39 is 5.91 Å². The zero-order valence-electron chi connectivity index (χ0n) is 19.0. The molecule has 7 nitrogen and oxygen atoms in total. The number of hydrogen-bond acceptors (Lipinski definition) is 5. The van der Waals surface area contributed by atoms with Gasteiger partial charge in [0.05, 0.1) is 22.8 Å². The standard InChI is InChI=1S/C26H23N5O2S/c1-15-9-11-17(12-10-15)20-14-13-19-21(27)23(34-25(19)28-20)24(32)29-22-16(2)30(3)31(26(22)33)18-7-5-4-6-8-18/h4-14H,27H2,1-3H3,(H,29,32). The number of nitrogens with one attached hydrogen (secondary N) is 1. The Bertz CT molecular complexity index is 1590. The highest BCUT2D eigenvalue weighted by molar-refractivity contribution is 7.21. The Labute approximate surface area is 200 Å². The van der Waals surface area contributed by atoms with Gasteiger partial charge in [0.15, 0.2) is 0 Å². The number of thiophene rings is 1. The Morgan fingerprint density at radius 1 is 1.00 bits per heavy atom. The molecule has 2 aromatic carbocycles. The second-order valence-corrected chi connectivity index (χ2v) is 9.15. The van der Waals surface area contributed by atoms with Gasteiger partial charge in [-0.3, -0.25) is 14.3 Å². The topological polar surface area (TPSA) is 94.9 Å². The quantitative estimate of drug-likeness (QED) is 0.391. The summed E-state index contributed by atoms with van der Waals surface area (Å²) in [5.74, 6) is -0.427. The van der Waals surface area contributed by atoms with Crippen molar-refractivity contribution in [1.29, 1.82) is 0 Å². The van der Waals surface area contributed by atoms with Gasteiger partial charge in [-0.2, -0.15) is 0 Å². The van der Waals surface area contributed by atoms with E-state index in [1.807, 2.05) is 73.7 Å². The van der Waals surface area contributed by atoms with Crippen LogP contribution in [-0.2, 0) is 7.05 Å². The Morgan fingerprint density at radius 3 is 2.41 bits per heavy atom. The number of aryl methyl sites for hydroxylation is 1. The van der Waals surface area contributed by atoms with E-state index in [1.165, 1.54) is 21.6 Å². The molecule has 0 aliphatic carbocycles. The summed E-state index contributed by atoms with van der Waals surface area (Å²) in [5.41, 5.74) is 10.9. The fourth-order valence-electron chi connectivity index (χ4n) is 3.93. The SMILES string of the molecule is Cc1ccc(-c2ccc3c(N)c(C(=O)Nc4c(C)n(C)n(-c5ccccc5)c4=O)sc3n2)cc1. The van der Waals surface area contributed by atoms with Crippen molar-refractivity contribution in [3.8, 4) is 16.9 Å². The summed E-state index contributed by atoms with van der Waals surface area (Å²) in [6.07, 6.45) is 0. The summed E-state index contributed by atoms with van der Waals surface area (Å²) in [6.45, 7) is 3.83. The van der Waals surface area contributed by atoms with Crippen molar-refractivity contribution in [2.45, 2.75) is 13.8 Å². The molecule has 5 rings (SSSR count). The molecule has 1 amide bonds. The van der Waals surface area contributed by atoms with Crippen molar-refractivity contribution in [3.05, 3.63) is 93.2 Å². The van der Waals surface area contributed by atoms with E-state index in [4.69, 9.17) is 10.7 Å². The van der Waals surface area contributed by atoms with E-state index in [0.717, 1.165) is 16.6 Å². The van der Waals surface area contributed by atoms with Gasteiger partial charge in [-0.25, -0.2) is 9.67 Å². The van der Waals surface area contributed by atoms with Crippen LogP contribution in [-0.4, -0.2) is 20.3 Å². The van der Waals surface area contributed by atoms with Crippen LogP contribution in [0.3, 0.4) is 0 Å². The molecule has 8 heteroatoms. The maximum atomic E-state index is 13.2. The third-order valence-corrected chi connectivity index (χ3v) is 7.05. The maximum Gasteiger partial charge on any atom is 0.295 e. The molecule has 170 valence electrons. The number of carbonyl (C=O) groups excluding carboxylic acids is 1. The van der Waals surface area contributed by atoms with Gasteiger partial charge in [0.2, 0.25) is 0 Å². The molecule has 0 spiro atoms. The van der Waals surface area contributed by atoms with E-state index in [9.17, 15) is 9.59 Å². The Morgan fingerprint density at radius 2 is 1.71 bits per heavy atom. The summed E-state index contributed by atoms with van der Waals surface area (Å²) in [4.78, 5) is 32.1. The molecule has 0 unspecified atom stereocenters. The number of nitrogens with two attached hydrogens (primary N) is 1. The van der Waals surface area contributed by atoms with Gasteiger partial charge in [-0.05, 0) is 38.1 Å². The van der Waals surface area contributed by atoms with Crippen LogP contribution in [0.25, 0.3) is 27.2 Å². The number of para-hydroxylation sites is 1. The van der Waals surface area contributed by atoms with Gasteiger partial charge in [-0.15, -0.1) is 11.3 Å². The van der Waals surface area contributed by atoms with Crippen LogP contribution < -0.4 is 16.6 Å². The van der Waals surface area contributed by atoms with Crippen LogP contribution in [0.2, 0.25) is 0 Å². The lowest BCUT2D eigenvalue weighted by Gasteiger charge is -2.07. The van der Waals surface area contributed by atoms with E-state index in [2.05, 4.69) is 5.32 Å². The predicted octanol–water partition coefficient (Wildman–Crippen LogP) is 4.90. The molecule has 0 radical (unpaired) electrons. The smallest absolute Gasteiger partial charge is 0.295 e. The Kier molecular flexibility index (Phi) is 5.30. The average molecular weight is 470 g/mol. The molecule has 3 N–H and O–H groups in total. The number of nitrogen functional groups attached to an aromatic ring is 1. The number of aromatic nitrogens is 3. The molecule has 0 aliphatic rings. The lowest BCUT2D eigenvalue weighted by atomic mass is 10.1. The highest BCUT2D eigenvalue weighted by Crippen LogP contribution is 2.34. The fourth-order valence-corrected chi connectivity index (χ4v) is 4.92. The summed E-state index contributed by atoms with van der Waals surface area (Å²) in [5, 5.41) is 3.51. The fraction of sp³-hybridized carbons (Fsp3) is 0.115. The lowest BCUT2D eigenvalue weighted by molar-refractivity contribution is 0.103. The normalized spacial score (nSPS) is 11.1. The predicted molar refractivity (Wildman–Crippen MR) is 138 cm³/mol. The largest absolute Gasteiger partial charge is 0.397 e. The van der Waals surface area contributed by atoms with Crippen molar-refractivity contribution in [1.82, 2.24) is 14.3 Å². The summed E-state index contributed by atoms with van der Waals surface area (Å²) < 4.78 is 3.24. The van der Waals surface area contributed by atoms with Crippen LogP contribution in [0.1, 0.15) is 20.9 Å². The summed E-state index contributed by atoms with van der Waals surface area (Å²) in [7, 11) is 1.78. The van der Waals surface area contributed by atoms with Crippen molar-refractivity contribution in [2.75, 3.05) is 11.1 Å². The number of amides is 1. The van der Waals surface area contributed by atoms with Gasteiger partial charge in [0.25, 0.3) is 11.5 Å². The van der Waals surface area contributed by atoms with Crippen LogP contribution in [0, 0.1) is 13.8 Å². The Balaban J connectivity index is 1.50. The van der Waals surface area contributed by atoms with Gasteiger partial charge < -0.3 is 11.1 Å². The van der Waals surface area contributed by atoms with E-state index >= 15 is 0 Å².